The van der Waals surface area contributed by atoms with Crippen LogP contribution in [0.1, 0.15) is 5.56 Å². The van der Waals surface area contributed by atoms with Crippen LogP contribution in [-0.4, -0.2) is 35.7 Å². The number of anilines is 2. The second-order valence-electron chi connectivity index (χ2n) is 6.76. The van der Waals surface area contributed by atoms with Gasteiger partial charge in [-0.1, -0.05) is 24.3 Å². The number of hydrogen-bond acceptors (Lipinski definition) is 6. The number of sulfonamides is 1. The first kappa shape index (κ1) is 23.7. The minimum atomic E-state index is -3.81. The zero-order valence-corrected chi connectivity index (χ0v) is 19.2. The second-order valence-corrected chi connectivity index (χ2v) is 8.45. The number of carbonyl (C=O) groups excluding carboxylic acids is 1. The molecular weight excluding hydrogens is 444 g/mol. The van der Waals surface area contributed by atoms with Gasteiger partial charge in [0.25, 0.3) is 10.0 Å². The third kappa shape index (κ3) is 6.05. The van der Waals surface area contributed by atoms with Gasteiger partial charge in [0.2, 0.25) is 5.91 Å². The van der Waals surface area contributed by atoms with Crippen LogP contribution in [0.4, 0.5) is 11.4 Å². The van der Waals surface area contributed by atoms with Crippen LogP contribution in [0.3, 0.4) is 0 Å². The van der Waals surface area contributed by atoms with E-state index >= 15 is 0 Å². The Labute approximate surface area is 192 Å². The molecule has 2 N–H and O–H groups in total. The first-order chi connectivity index (χ1) is 15.9. The van der Waals surface area contributed by atoms with Crippen molar-refractivity contribution in [3.8, 4) is 17.2 Å². The Balaban J connectivity index is 1.69. The summed E-state index contributed by atoms with van der Waals surface area (Å²) in [5.74, 6) is 1.11. The normalized spacial score (nSPS) is 11.1. The number of nitrogens with one attached hydrogen (secondary N) is 2. The Morgan fingerprint density at radius 1 is 0.818 bits per heavy atom. The molecular formula is C24H24N2O6S. The highest BCUT2D eigenvalue weighted by Crippen LogP contribution is 2.29. The average molecular weight is 469 g/mol. The van der Waals surface area contributed by atoms with Gasteiger partial charge < -0.3 is 19.5 Å². The standard InChI is InChI=1S/C24H24N2O6S/c1-30-18-11-14-23(32-3)21(16-18)25-24(27)15-10-17-8-12-19(13-9-17)33(28,29)26-20-6-4-5-7-22(20)31-2/h4-16,26H,1-3H3,(H,25,27)/b15-10+. The van der Waals surface area contributed by atoms with Crippen molar-refractivity contribution in [2.75, 3.05) is 31.4 Å². The third-order valence-electron chi connectivity index (χ3n) is 4.63. The molecule has 9 heteroatoms. The molecule has 0 heterocycles. The van der Waals surface area contributed by atoms with Crippen LogP contribution >= 0.6 is 0 Å². The summed E-state index contributed by atoms with van der Waals surface area (Å²) in [7, 11) is 0.695. The number of methoxy groups -OCH3 is 3. The van der Waals surface area contributed by atoms with Gasteiger partial charge >= 0.3 is 0 Å². The van der Waals surface area contributed by atoms with E-state index in [2.05, 4.69) is 10.0 Å². The number of para-hydroxylation sites is 2. The number of benzene rings is 3. The van der Waals surface area contributed by atoms with Crippen LogP contribution in [0.5, 0.6) is 17.2 Å². The molecule has 0 aliphatic heterocycles. The molecule has 172 valence electrons. The lowest BCUT2D eigenvalue weighted by Gasteiger charge is -2.11. The molecule has 0 saturated heterocycles. The lowest BCUT2D eigenvalue weighted by Crippen LogP contribution is -2.13. The summed E-state index contributed by atoms with van der Waals surface area (Å²) >= 11 is 0. The van der Waals surface area contributed by atoms with Crippen molar-refractivity contribution in [3.05, 3.63) is 78.4 Å². The van der Waals surface area contributed by atoms with Crippen molar-refractivity contribution in [1.29, 1.82) is 0 Å². The number of ether oxygens (including phenoxy) is 3. The molecule has 3 aromatic carbocycles. The van der Waals surface area contributed by atoms with Gasteiger partial charge in [0, 0.05) is 12.1 Å². The molecule has 0 aliphatic carbocycles. The van der Waals surface area contributed by atoms with Crippen molar-refractivity contribution in [2.45, 2.75) is 4.90 Å². The Bertz CT molecular complexity index is 1250. The molecule has 0 aromatic heterocycles. The minimum absolute atomic E-state index is 0.0797. The minimum Gasteiger partial charge on any atom is -0.497 e. The molecule has 0 aliphatic rings. The van der Waals surface area contributed by atoms with Gasteiger partial charge in [0.05, 0.1) is 37.6 Å². The van der Waals surface area contributed by atoms with E-state index in [4.69, 9.17) is 14.2 Å². The third-order valence-corrected chi connectivity index (χ3v) is 6.01. The van der Waals surface area contributed by atoms with Gasteiger partial charge in [-0.2, -0.15) is 0 Å². The fourth-order valence-electron chi connectivity index (χ4n) is 2.95. The SMILES string of the molecule is COc1ccc(OC)c(NC(=O)/C=C/c2ccc(S(=O)(=O)Nc3ccccc3OC)cc2)c1. The first-order valence-corrected chi connectivity index (χ1v) is 11.3. The molecule has 0 unspecified atom stereocenters. The highest BCUT2D eigenvalue weighted by molar-refractivity contribution is 7.92. The molecule has 0 saturated carbocycles. The lowest BCUT2D eigenvalue weighted by atomic mass is 10.2. The first-order valence-electron chi connectivity index (χ1n) is 9.83. The van der Waals surface area contributed by atoms with Crippen LogP contribution in [0.25, 0.3) is 6.08 Å². The molecule has 0 radical (unpaired) electrons. The lowest BCUT2D eigenvalue weighted by molar-refractivity contribution is -0.111. The van der Waals surface area contributed by atoms with Crippen molar-refractivity contribution in [3.63, 3.8) is 0 Å². The van der Waals surface area contributed by atoms with E-state index in [1.54, 1.807) is 60.7 Å². The van der Waals surface area contributed by atoms with Crippen LogP contribution in [0.15, 0.2) is 77.7 Å². The van der Waals surface area contributed by atoms with E-state index in [0.29, 0.717) is 34.2 Å². The molecule has 3 rings (SSSR count). The van der Waals surface area contributed by atoms with Crippen LogP contribution in [-0.2, 0) is 14.8 Å². The van der Waals surface area contributed by atoms with E-state index in [1.165, 1.54) is 39.5 Å². The van der Waals surface area contributed by atoms with Crippen molar-refractivity contribution in [2.24, 2.45) is 0 Å². The molecule has 33 heavy (non-hydrogen) atoms. The predicted molar refractivity (Wildman–Crippen MR) is 127 cm³/mol. The quantitative estimate of drug-likeness (QED) is 0.457. The number of hydrogen-bond donors (Lipinski definition) is 2. The molecule has 0 spiro atoms. The Morgan fingerprint density at radius 2 is 1.48 bits per heavy atom. The highest BCUT2D eigenvalue weighted by atomic mass is 32.2. The van der Waals surface area contributed by atoms with E-state index in [1.807, 2.05) is 0 Å². The summed E-state index contributed by atoms with van der Waals surface area (Å²) in [6.07, 6.45) is 2.92. The number of rotatable bonds is 9. The van der Waals surface area contributed by atoms with Crippen molar-refractivity contribution in [1.82, 2.24) is 0 Å². The summed E-state index contributed by atoms with van der Waals surface area (Å²) in [4.78, 5) is 12.4. The van der Waals surface area contributed by atoms with E-state index < -0.39 is 10.0 Å². The van der Waals surface area contributed by atoms with Crippen LogP contribution < -0.4 is 24.2 Å². The summed E-state index contributed by atoms with van der Waals surface area (Å²) < 4.78 is 43.5. The van der Waals surface area contributed by atoms with Gasteiger partial charge in [-0.25, -0.2) is 8.42 Å². The Kier molecular flexibility index (Phi) is 7.57. The second kappa shape index (κ2) is 10.6. The smallest absolute Gasteiger partial charge is 0.262 e. The van der Waals surface area contributed by atoms with Gasteiger partial charge in [-0.15, -0.1) is 0 Å². The molecule has 0 atom stereocenters. The number of carbonyl (C=O) groups is 1. The topological polar surface area (TPSA) is 103 Å². The molecule has 0 bridgehead atoms. The van der Waals surface area contributed by atoms with Crippen LogP contribution in [0.2, 0.25) is 0 Å². The summed E-state index contributed by atoms with van der Waals surface area (Å²) in [6.45, 7) is 0. The summed E-state index contributed by atoms with van der Waals surface area (Å²) in [6, 6.07) is 17.9. The van der Waals surface area contributed by atoms with Crippen molar-refractivity contribution >= 4 is 33.4 Å². The zero-order valence-electron chi connectivity index (χ0n) is 18.4. The van der Waals surface area contributed by atoms with Gasteiger partial charge in [0.15, 0.2) is 0 Å². The monoisotopic (exact) mass is 468 g/mol. The van der Waals surface area contributed by atoms with E-state index in [0.717, 1.165) is 0 Å². The van der Waals surface area contributed by atoms with Gasteiger partial charge in [-0.3, -0.25) is 9.52 Å². The number of amides is 1. The molecule has 1 amide bonds. The van der Waals surface area contributed by atoms with E-state index in [9.17, 15) is 13.2 Å². The largest absolute Gasteiger partial charge is 0.497 e. The molecule has 0 fully saturated rings. The van der Waals surface area contributed by atoms with Crippen molar-refractivity contribution < 1.29 is 27.4 Å². The summed E-state index contributed by atoms with van der Waals surface area (Å²) in [5.41, 5.74) is 1.46. The zero-order chi connectivity index (χ0) is 23.8. The van der Waals surface area contributed by atoms with Gasteiger partial charge in [0.1, 0.15) is 17.2 Å². The maximum atomic E-state index is 12.7. The maximum Gasteiger partial charge on any atom is 0.262 e. The Hall–Kier alpha value is -3.98. The summed E-state index contributed by atoms with van der Waals surface area (Å²) in [5, 5.41) is 2.73. The molecule has 3 aromatic rings. The van der Waals surface area contributed by atoms with Crippen LogP contribution in [0, 0.1) is 0 Å². The molecule has 8 nitrogen and oxygen atoms in total. The van der Waals surface area contributed by atoms with Gasteiger partial charge in [-0.05, 0) is 48.0 Å². The fourth-order valence-corrected chi connectivity index (χ4v) is 4.02. The highest BCUT2D eigenvalue weighted by Gasteiger charge is 2.16. The maximum absolute atomic E-state index is 12.7. The predicted octanol–water partition coefficient (Wildman–Crippen LogP) is 4.17. The average Bonchev–Trinajstić information content (AvgIpc) is 2.83. The fraction of sp³-hybridized carbons (Fsp3) is 0.125. The Morgan fingerprint density at radius 3 is 2.15 bits per heavy atom. The van der Waals surface area contributed by atoms with E-state index in [-0.39, 0.29) is 10.8 Å².